The van der Waals surface area contributed by atoms with Crippen LogP contribution in [0.15, 0.2) is 12.3 Å². The average molecular weight is 360 g/mol. The lowest BCUT2D eigenvalue weighted by Crippen LogP contribution is -2.49. The van der Waals surface area contributed by atoms with Gasteiger partial charge in [0.15, 0.2) is 0 Å². The van der Waals surface area contributed by atoms with Gasteiger partial charge in [-0.25, -0.2) is 4.79 Å². The number of piperidine rings is 1. The standard InChI is InChI=1S/C19H28N4O3/c1-18(2,3)26-17(25)21-12-7-6-10-23(11-12)13-8-9-20-15-14(13)22-16(24)19(15,4)5/h8-9,12H,6-7,10-11H2,1-5H3,(H,21,25)(H,22,24)/t12-/m1/s1. The molecule has 2 aliphatic rings. The van der Waals surface area contributed by atoms with Crippen LogP contribution in [0.3, 0.4) is 0 Å². The first-order chi connectivity index (χ1) is 12.1. The summed E-state index contributed by atoms with van der Waals surface area (Å²) in [5.74, 6) is -0.0344. The first-order valence-electron chi connectivity index (χ1n) is 9.13. The van der Waals surface area contributed by atoms with E-state index in [9.17, 15) is 9.59 Å². The Morgan fingerprint density at radius 2 is 2.15 bits per heavy atom. The van der Waals surface area contributed by atoms with Crippen molar-refractivity contribution >= 4 is 23.4 Å². The second-order valence-corrected chi connectivity index (χ2v) is 8.56. The number of carbonyl (C=O) groups excluding carboxylic acids is 2. The Morgan fingerprint density at radius 1 is 1.42 bits per heavy atom. The molecule has 1 aromatic heterocycles. The fourth-order valence-corrected chi connectivity index (χ4v) is 3.48. The molecule has 0 unspecified atom stereocenters. The number of hydrogen-bond acceptors (Lipinski definition) is 5. The fourth-order valence-electron chi connectivity index (χ4n) is 3.48. The van der Waals surface area contributed by atoms with Crippen molar-refractivity contribution in [1.29, 1.82) is 0 Å². The van der Waals surface area contributed by atoms with E-state index >= 15 is 0 Å². The Morgan fingerprint density at radius 3 is 2.85 bits per heavy atom. The Kier molecular flexibility index (Phi) is 4.58. The number of aromatic nitrogens is 1. The summed E-state index contributed by atoms with van der Waals surface area (Å²) in [4.78, 5) is 31.0. The third kappa shape index (κ3) is 3.61. The molecular formula is C19H28N4O3. The molecule has 2 aliphatic heterocycles. The van der Waals surface area contributed by atoms with Crippen LogP contribution in [0, 0.1) is 0 Å². The van der Waals surface area contributed by atoms with Gasteiger partial charge in [0.25, 0.3) is 0 Å². The van der Waals surface area contributed by atoms with Crippen molar-refractivity contribution < 1.29 is 14.3 Å². The van der Waals surface area contributed by atoms with Gasteiger partial charge < -0.3 is 20.3 Å². The molecule has 3 rings (SSSR count). The minimum absolute atomic E-state index is 0.00697. The van der Waals surface area contributed by atoms with Crippen molar-refractivity contribution in [2.24, 2.45) is 0 Å². The maximum atomic E-state index is 12.3. The normalized spacial score (nSPS) is 21.8. The SMILES string of the molecule is CC(C)(C)OC(=O)N[C@@H]1CCCN(c2ccnc3c2NC(=O)C3(C)C)C1. The van der Waals surface area contributed by atoms with E-state index in [-0.39, 0.29) is 11.9 Å². The molecule has 0 saturated carbocycles. The van der Waals surface area contributed by atoms with E-state index in [2.05, 4.69) is 20.5 Å². The molecule has 0 spiro atoms. The van der Waals surface area contributed by atoms with Gasteiger partial charge in [-0.05, 0) is 53.5 Å². The summed E-state index contributed by atoms with van der Waals surface area (Å²) >= 11 is 0. The molecular weight excluding hydrogens is 332 g/mol. The van der Waals surface area contributed by atoms with E-state index in [1.54, 1.807) is 6.20 Å². The van der Waals surface area contributed by atoms with Crippen LogP contribution in [0.2, 0.25) is 0 Å². The minimum Gasteiger partial charge on any atom is -0.444 e. The number of fused-ring (bicyclic) bond motifs is 1. The van der Waals surface area contributed by atoms with E-state index in [0.29, 0.717) is 6.54 Å². The molecule has 1 aromatic rings. The Bertz CT molecular complexity index is 724. The van der Waals surface area contributed by atoms with Crippen LogP contribution in [0.5, 0.6) is 0 Å². The van der Waals surface area contributed by atoms with Crippen molar-refractivity contribution in [2.45, 2.75) is 64.5 Å². The Balaban J connectivity index is 1.75. The van der Waals surface area contributed by atoms with Crippen LogP contribution in [-0.2, 0) is 14.9 Å². The maximum Gasteiger partial charge on any atom is 0.407 e. The number of nitrogens with zero attached hydrogens (tertiary/aromatic N) is 2. The van der Waals surface area contributed by atoms with E-state index in [4.69, 9.17) is 4.74 Å². The molecule has 26 heavy (non-hydrogen) atoms. The summed E-state index contributed by atoms with van der Waals surface area (Å²) in [6.45, 7) is 10.9. The van der Waals surface area contributed by atoms with Gasteiger partial charge in [0.2, 0.25) is 5.91 Å². The van der Waals surface area contributed by atoms with Crippen LogP contribution < -0.4 is 15.5 Å². The van der Waals surface area contributed by atoms with E-state index < -0.39 is 17.1 Å². The van der Waals surface area contributed by atoms with Gasteiger partial charge in [-0.3, -0.25) is 9.78 Å². The van der Waals surface area contributed by atoms with Crippen LogP contribution in [0.25, 0.3) is 0 Å². The zero-order chi connectivity index (χ0) is 19.1. The highest BCUT2D eigenvalue weighted by Gasteiger charge is 2.42. The highest BCUT2D eigenvalue weighted by Crippen LogP contribution is 2.41. The molecule has 0 aliphatic carbocycles. The quantitative estimate of drug-likeness (QED) is 0.847. The summed E-state index contributed by atoms with van der Waals surface area (Å²) in [7, 11) is 0. The summed E-state index contributed by atoms with van der Waals surface area (Å²) in [6.07, 6.45) is 3.22. The molecule has 1 atom stereocenters. The van der Waals surface area contributed by atoms with Gasteiger partial charge in [0, 0.05) is 25.3 Å². The maximum absolute atomic E-state index is 12.3. The van der Waals surface area contributed by atoms with Gasteiger partial charge in [-0.2, -0.15) is 0 Å². The van der Waals surface area contributed by atoms with E-state index in [0.717, 1.165) is 36.5 Å². The van der Waals surface area contributed by atoms with Crippen molar-refractivity contribution in [3.05, 3.63) is 18.0 Å². The lowest BCUT2D eigenvalue weighted by molar-refractivity contribution is -0.119. The monoisotopic (exact) mass is 360 g/mol. The third-order valence-electron chi connectivity index (χ3n) is 4.81. The number of hydrogen-bond donors (Lipinski definition) is 2. The molecule has 2 N–H and O–H groups in total. The average Bonchev–Trinajstić information content (AvgIpc) is 2.75. The summed E-state index contributed by atoms with van der Waals surface area (Å²) in [5, 5.41) is 5.95. The lowest BCUT2D eigenvalue weighted by atomic mass is 9.90. The summed E-state index contributed by atoms with van der Waals surface area (Å²) in [5.41, 5.74) is 1.39. The largest absolute Gasteiger partial charge is 0.444 e. The first-order valence-corrected chi connectivity index (χ1v) is 9.13. The van der Waals surface area contributed by atoms with Crippen molar-refractivity contribution in [2.75, 3.05) is 23.3 Å². The smallest absolute Gasteiger partial charge is 0.407 e. The summed E-state index contributed by atoms with van der Waals surface area (Å²) < 4.78 is 5.36. The number of amides is 2. The van der Waals surface area contributed by atoms with Gasteiger partial charge in [-0.1, -0.05) is 0 Å². The molecule has 0 radical (unpaired) electrons. The first kappa shape index (κ1) is 18.5. The molecule has 2 amide bonds. The second-order valence-electron chi connectivity index (χ2n) is 8.56. The highest BCUT2D eigenvalue weighted by atomic mass is 16.6. The Hall–Kier alpha value is -2.31. The van der Waals surface area contributed by atoms with Crippen LogP contribution >= 0.6 is 0 Å². The molecule has 1 fully saturated rings. The number of anilines is 2. The molecule has 0 bridgehead atoms. The van der Waals surface area contributed by atoms with Gasteiger partial charge >= 0.3 is 6.09 Å². The lowest BCUT2D eigenvalue weighted by Gasteiger charge is -2.35. The highest BCUT2D eigenvalue weighted by molar-refractivity contribution is 6.07. The zero-order valence-corrected chi connectivity index (χ0v) is 16.2. The van der Waals surface area contributed by atoms with E-state index in [1.807, 2.05) is 40.7 Å². The number of nitrogens with one attached hydrogen (secondary N) is 2. The number of pyridine rings is 1. The topological polar surface area (TPSA) is 83.6 Å². The number of rotatable bonds is 2. The molecule has 142 valence electrons. The van der Waals surface area contributed by atoms with Crippen LogP contribution in [0.4, 0.5) is 16.2 Å². The number of carbonyl (C=O) groups is 2. The Labute approximate surface area is 154 Å². The molecule has 7 nitrogen and oxygen atoms in total. The van der Waals surface area contributed by atoms with Crippen LogP contribution in [-0.4, -0.2) is 41.7 Å². The molecule has 0 aromatic carbocycles. The third-order valence-corrected chi connectivity index (χ3v) is 4.81. The predicted molar refractivity (Wildman–Crippen MR) is 100 cm³/mol. The molecule has 3 heterocycles. The zero-order valence-electron chi connectivity index (χ0n) is 16.2. The van der Waals surface area contributed by atoms with Crippen molar-refractivity contribution in [3.63, 3.8) is 0 Å². The predicted octanol–water partition coefficient (Wildman–Crippen LogP) is 2.80. The minimum atomic E-state index is -0.630. The van der Waals surface area contributed by atoms with Crippen molar-refractivity contribution in [1.82, 2.24) is 10.3 Å². The molecule has 7 heteroatoms. The fraction of sp³-hybridized carbons (Fsp3) is 0.632. The number of ether oxygens (including phenoxy) is 1. The van der Waals surface area contributed by atoms with Gasteiger partial charge in [0.05, 0.1) is 22.5 Å². The van der Waals surface area contributed by atoms with E-state index in [1.165, 1.54) is 0 Å². The summed E-state index contributed by atoms with van der Waals surface area (Å²) in [6, 6.07) is 1.93. The van der Waals surface area contributed by atoms with Crippen LogP contribution in [0.1, 0.15) is 53.2 Å². The van der Waals surface area contributed by atoms with Gasteiger partial charge in [-0.15, -0.1) is 0 Å². The molecule has 1 saturated heterocycles. The number of alkyl carbamates (subject to hydrolysis) is 1. The second kappa shape index (κ2) is 6.45. The van der Waals surface area contributed by atoms with Gasteiger partial charge in [0.1, 0.15) is 5.60 Å². The van der Waals surface area contributed by atoms with Crippen molar-refractivity contribution in [3.8, 4) is 0 Å².